The topological polar surface area (TPSA) is 47.6 Å². The van der Waals surface area contributed by atoms with Crippen molar-refractivity contribution in [2.75, 3.05) is 20.3 Å². The monoisotopic (exact) mass is 297 g/mol. The van der Waals surface area contributed by atoms with Crippen molar-refractivity contribution in [3.63, 3.8) is 0 Å². The average molecular weight is 297 g/mol. The molecule has 4 unspecified atom stereocenters. The highest BCUT2D eigenvalue weighted by atomic mass is 16.5. The molecule has 0 spiro atoms. The van der Waals surface area contributed by atoms with E-state index in [-0.39, 0.29) is 17.4 Å². The molecule has 0 heterocycles. The van der Waals surface area contributed by atoms with Crippen LogP contribution < -0.4 is 5.32 Å². The molecule has 1 N–H and O–H groups in total. The first-order valence-corrected chi connectivity index (χ1v) is 8.32. The molecule has 21 heavy (non-hydrogen) atoms. The first kappa shape index (κ1) is 16.8. The van der Waals surface area contributed by atoms with E-state index in [4.69, 9.17) is 9.47 Å². The quantitative estimate of drug-likeness (QED) is 0.734. The first-order valence-electron chi connectivity index (χ1n) is 8.32. The van der Waals surface area contributed by atoms with Crippen molar-refractivity contribution in [1.82, 2.24) is 5.32 Å². The van der Waals surface area contributed by atoms with Gasteiger partial charge in [0.25, 0.3) is 0 Å². The third kappa shape index (κ3) is 2.85. The Kier molecular flexibility index (Phi) is 4.99. The van der Waals surface area contributed by atoms with E-state index in [0.29, 0.717) is 31.2 Å². The predicted octanol–water partition coefficient (Wildman–Crippen LogP) is 2.76. The van der Waals surface area contributed by atoms with Crippen LogP contribution in [0.1, 0.15) is 53.4 Å². The Morgan fingerprint density at radius 2 is 2.10 bits per heavy atom. The van der Waals surface area contributed by atoms with E-state index in [1.54, 1.807) is 7.05 Å². The van der Waals surface area contributed by atoms with Crippen molar-refractivity contribution in [2.45, 2.75) is 65.5 Å². The van der Waals surface area contributed by atoms with Crippen molar-refractivity contribution in [1.29, 1.82) is 0 Å². The van der Waals surface area contributed by atoms with Gasteiger partial charge in [-0.05, 0) is 56.4 Å². The molecule has 122 valence electrons. The molecule has 2 fully saturated rings. The van der Waals surface area contributed by atoms with Crippen LogP contribution in [0.3, 0.4) is 0 Å². The lowest BCUT2D eigenvalue weighted by molar-refractivity contribution is -0.146. The molecule has 4 nitrogen and oxygen atoms in total. The fourth-order valence-corrected chi connectivity index (χ4v) is 4.33. The van der Waals surface area contributed by atoms with Gasteiger partial charge in [0.2, 0.25) is 0 Å². The number of ether oxygens (including phenoxy) is 2. The number of carbonyl (C=O) groups excluding carboxylic acids is 1. The zero-order valence-electron chi connectivity index (χ0n) is 14.2. The van der Waals surface area contributed by atoms with Crippen molar-refractivity contribution in [2.24, 2.45) is 16.7 Å². The third-order valence-electron chi connectivity index (χ3n) is 6.36. The molecule has 2 bridgehead atoms. The SMILES string of the molecule is CCOC(=O)C(CCOC1CC2CCC1(C)C2(C)C)NC. The van der Waals surface area contributed by atoms with Crippen molar-refractivity contribution >= 4 is 5.97 Å². The molecule has 0 aliphatic heterocycles. The Morgan fingerprint density at radius 1 is 1.38 bits per heavy atom. The number of carbonyl (C=O) groups is 1. The van der Waals surface area contributed by atoms with Crippen LogP contribution in [0.25, 0.3) is 0 Å². The number of fused-ring (bicyclic) bond motifs is 2. The van der Waals surface area contributed by atoms with Gasteiger partial charge >= 0.3 is 5.97 Å². The van der Waals surface area contributed by atoms with Crippen LogP contribution in [0, 0.1) is 16.7 Å². The summed E-state index contributed by atoms with van der Waals surface area (Å²) in [6.45, 7) is 10.0. The van der Waals surface area contributed by atoms with Crippen LogP contribution in [0.15, 0.2) is 0 Å². The highest BCUT2D eigenvalue weighted by Crippen LogP contribution is 2.66. The van der Waals surface area contributed by atoms with Crippen molar-refractivity contribution in [3.05, 3.63) is 0 Å². The number of nitrogens with one attached hydrogen (secondary N) is 1. The summed E-state index contributed by atoms with van der Waals surface area (Å²) in [4.78, 5) is 11.8. The Hall–Kier alpha value is -0.610. The molecule has 4 atom stereocenters. The Balaban J connectivity index is 1.83. The van der Waals surface area contributed by atoms with Gasteiger partial charge < -0.3 is 14.8 Å². The van der Waals surface area contributed by atoms with Gasteiger partial charge in [0.05, 0.1) is 12.7 Å². The summed E-state index contributed by atoms with van der Waals surface area (Å²) in [5.74, 6) is 0.612. The van der Waals surface area contributed by atoms with Gasteiger partial charge in [-0.15, -0.1) is 0 Å². The Bertz CT molecular complexity index is 382. The number of likely N-dealkylation sites (N-methyl/N-ethyl adjacent to an activating group) is 1. The van der Waals surface area contributed by atoms with Crippen molar-refractivity contribution < 1.29 is 14.3 Å². The van der Waals surface area contributed by atoms with Gasteiger partial charge in [-0.3, -0.25) is 4.79 Å². The molecular formula is C17H31NO3. The van der Waals surface area contributed by atoms with Gasteiger partial charge in [0, 0.05) is 6.61 Å². The second-order valence-electron chi connectivity index (χ2n) is 7.35. The van der Waals surface area contributed by atoms with E-state index in [9.17, 15) is 4.79 Å². The summed E-state index contributed by atoms with van der Waals surface area (Å²) in [7, 11) is 1.80. The molecule has 0 amide bonds. The maximum atomic E-state index is 11.8. The number of hydrogen-bond acceptors (Lipinski definition) is 4. The molecular weight excluding hydrogens is 266 g/mol. The number of rotatable bonds is 7. The van der Waals surface area contributed by atoms with Gasteiger partial charge in [0.1, 0.15) is 6.04 Å². The predicted molar refractivity (Wildman–Crippen MR) is 83.1 cm³/mol. The van der Waals surface area contributed by atoms with E-state index in [0.717, 1.165) is 5.92 Å². The van der Waals surface area contributed by atoms with Gasteiger partial charge in [0.15, 0.2) is 0 Å². The minimum absolute atomic E-state index is 0.178. The number of hydrogen-bond donors (Lipinski definition) is 1. The minimum Gasteiger partial charge on any atom is -0.465 e. The van der Waals surface area contributed by atoms with Gasteiger partial charge in [-0.2, -0.15) is 0 Å². The molecule has 0 aromatic rings. The van der Waals surface area contributed by atoms with E-state index in [2.05, 4.69) is 26.1 Å². The minimum atomic E-state index is -0.260. The lowest BCUT2D eigenvalue weighted by Crippen LogP contribution is -2.39. The summed E-state index contributed by atoms with van der Waals surface area (Å²) in [6.07, 6.45) is 4.79. The average Bonchev–Trinajstić information content (AvgIpc) is 2.76. The summed E-state index contributed by atoms with van der Waals surface area (Å²) < 4.78 is 11.3. The van der Waals surface area contributed by atoms with E-state index >= 15 is 0 Å². The standard InChI is InChI=1S/C17H31NO3/c1-6-20-15(19)13(18-5)8-10-21-14-11-12-7-9-17(14,4)16(12,2)3/h12-14,18H,6-11H2,1-5H3. The van der Waals surface area contributed by atoms with Crippen molar-refractivity contribution in [3.8, 4) is 0 Å². The fraction of sp³-hybridized carbons (Fsp3) is 0.941. The second-order valence-corrected chi connectivity index (χ2v) is 7.35. The summed E-state index contributed by atoms with van der Waals surface area (Å²) in [6, 6.07) is -0.260. The summed E-state index contributed by atoms with van der Waals surface area (Å²) >= 11 is 0. The molecule has 2 rings (SSSR count). The summed E-state index contributed by atoms with van der Waals surface area (Å²) in [5.41, 5.74) is 0.665. The molecule has 0 saturated heterocycles. The normalized spacial score (nSPS) is 34.9. The largest absolute Gasteiger partial charge is 0.465 e. The Morgan fingerprint density at radius 3 is 2.57 bits per heavy atom. The number of esters is 1. The van der Waals surface area contributed by atoms with Gasteiger partial charge in [-0.25, -0.2) is 0 Å². The molecule has 0 aromatic carbocycles. The fourth-order valence-electron chi connectivity index (χ4n) is 4.33. The maximum Gasteiger partial charge on any atom is 0.323 e. The molecule has 2 aliphatic carbocycles. The zero-order chi connectivity index (χ0) is 15.7. The Labute approximate surface area is 129 Å². The van der Waals surface area contributed by atoms with Gasteiger partial charge in [-0.1, -0.05) is 20.8 Å². The third-order valence-corrected chi connectivity index (χ3v) is 6.36. The highest BCUT2D eigenvalue weighted by Gasteiger charge is 2.61. The molecule has 2 aliphatic rings. The maximum absolute atomic E-state index is 11.8. The van der Waals surface area contributed by atoms with E-state index in [1.807, 2.05) is 6.92 Å². The zero-order valence-corrected chi connectivity index (χ0v) is 14.2. The molecule has 4 heteroatoms. The smallest absolute Gasteiger partial charge is 0.323 e. The highest BCUT2D eigenvalue weighted by molar-refractivity contribution is 5.75. The molecule has 0 aromatic heterocycles. The first-order chi connectivity index (χ1) is 9.86. The van der Waals surface area contributed by atoms with Crippen LogP contribution >= 0.6 is 0 Å². The van der Waals surface area contributed by atoms with Crippen LogP contribution in [0.5, 0.6) is 0 Å². The van der Waals surface area contributed by atoms with E-state index in [1.165, 1.54) is 19.3 Å². The summed E-state index contributed by atoms with van der Waals surface area (Å²) in [5, 5.41) is 3.02. The van der Waals surface area contributed by atoms with Crippen LogP contribution in [0.2, 0.25) is 0 Å². The van der Waals surface area contributed by atoms with E-state index < -0.39 is 0 Å². The van der Waals surface area contributed by atoms with Crippen LogP contribution in [-0.4, -0.2) is 38.4 Å². The van der Waals surface area contributed by atoms with Crippen LogP contribution in [0.4, 0.5) is 0 Å². The second kappa shape index (κ2) is 6.25. The molecule has 2 saturated carbocycles. The van der Waals surface area contributed by atoms with Crippen LogP contribution in [-0.2, 0) is 14.3 Å². The molecule has 0 radical (unpaired) electrons. The lowest BCUT2D eigenvalue weighted by atomic mass is 9.70. The lowest BCUT2D eigenvalue weighted by Gasteiger charge is -2.39.